The third kappa shape index (κ3) is 3.39. The van der Waals surface area contributed by atoms with Crippen LogP contribution in [0, 0.1) is 12.7 Å². The average Bonchev–Trinajstić information content (AvgIpc) is 2.40. The van der Waals surface area contributed by atoms with E-state index in [0.717, 1.165) is 17.0 Å². The molecule has 4 heteroatoms. The molecule has 2 nitrogen and oxygen atoms in total. The van der Waals surface area contributed by atoms with Crippen molar-refractivity contribution >= 4 is 15.9 Å². The molecule has 1 aromatic heterocycles. The van der Waals surface area contributed by atoms with E-state index >= 15 is 0 Å². The molecule has 1 heterocycles. The standard InChI is InChI=1S/C15H16BrFN2/c1-10-5-3-8-13(19-10)14(18-2)9-11-6-4-7-12(17)15(11)16/h3-8,14,18H,9H2,1-2H3. The van der Waals surface area contributed by atoms with Crippen LogP contribution in [0.2, 0.25) is 0 Å². The molecule has 100 valence electrons. The van der Waals surface area contributed by atoms with Crippen LogP contribution in [0.5, 0.6) is 0 Å². The average molecular weight is 323 g/mol. The Hall–Kier alpha value is -1.26. The quantitative estimate of drug-likeness (QED) is 0.926. The molecule has 0 radical (unpaired) electrons. The van der Waals surface area contributed by atoms with Crippen molar-refractivity contribution in [1.82, 2.24) is 10.3 Å². The van der Waals surface area contributed by atoms with E-state index in [1.54, 1.807) is 6.07 Å². The fourth-order valence-corrected chi connectivity index (χ4v) is 2.46. The number of likely N-dealkylation sites (N-methyl/N-ethyl adjacent to an activating group) is 1. The van der Waals surface area contributed by atoms with Gasteiger partial charge in [-0.3, -0.25) is 4.98 Å². The van der Waals surface area contributed by atoms with Gasteiger partial charge >= 0.3 is 0 Å². The van der Waals surface area contributed by atoms with Crippen LogP contribution in [0.15, 0.2) is 40.9 Å². The van der Waals surface area contributed by atoms with E-state index in [4.69, 9.17) is 0 Å². The Morgan fingerprint density at radius 3 is 2.68 bits per heavy atom. The van der Waals surface area contributed by atoms with Gasteiger partial charge in [0.15, 0.2) is 0 Å². The lowest BCUT2D eigenvalue weighted by molar-refractivity contribution is 0.566. The molecule has 1 atom stereocenters. The predicted molar refractivity (Wildman–Crippen MR) is 78.6 cm³/mol. The lowest BCUT2D eigenvalue weighted by atomic mass is 10.0. The van der Waals surface area contributed by atoms with Gasteiger partial charge in [-0.15, -0.1) is 0 Å². The van der Waals surface area contributed by atoms with Crippen molar-refractivity contribution in [3.63, 3.8) is 0 Å². The number of aryl methyl sites for hydroxylation is 1. The highest BCUT2D eigenvalue weighted by atomic mass is 79.9. The van der Waals surface area contributed by atoms with Crippen molar-refractivity contribution in [1.29, 1.82) is 0 Å². The molecule has 1 aromatic carbocycles. The maximum atomic E-state index is 13.5. The molecule has 0 saturated carbocycles. The number of nitrogens with one attached hydrogen (secondary N) is 1. The maximum absolute atomic E-state index is 13.5. The van der Waals surface area contributed by atoms with Crippen LogP contribution in [-0.4, -0.2) is 12.0 Å². The molecule has 19 heavy (non-hydrogen) atoms. The molecule has 0 aliphatic rings. The molecule has 1 unspecified atom stereocenters. The van der Waals surface area contributed by atoms with Gasteiger partial charge in [0, 0.05) is 5.69 Å². The highest BCUT2D eigenvalue weighted by Crippen LogP contribution is 2.25. The number of benzene rings is 1. The monoisotopic (exact) mass is 322 g/mol. The van der Waals surface area contributed by atoms with Crippen molar-refractivity contribution < 1.29 is 4.39 Å². The van der Waals surface area contributed by atoms with Gasteiger partial charge in [0.05, 0.1) is 16.2 Å². The molecule has 0 bridgehead atoms. The summed E-state index contributed by atoms with van der Waals surface area (Å²) in [6.45, 7) is 1.97. The Labute approximate surface area is 121 Å². The zero-order chi connectivity index (χ0) is 13.8. The Balaban J connectivity index is 2.26. The van der Waals surface area contributed by atoms with E-state index in [1.807, 2.05) is 38.2 Å². The zero-order valence-corrected chi connectivity index (χ0v) is 12.5. The van der Waals surface area contributed by atoms with Crippen molar-refractivity contribution in [2.75, 3.05) is 7.05 Å². The van der Waals surface area contributed by atoms with Crippen LogP contribution in [0.1, 0.15) is 23.0 Å². The fraction of sp³-hybridized carbons (Fsp3) is 0.267. The molecule has 0 amide bonds. The van der Waals surface area contributed by atoms with Crippen LogP contribution in [-0.2, 0) is 6.42 Å². The zero-order valence-electron chi connectivity index (χ0n) is 11.0. The van der Waals surface area contributed by atoms with Crippen LogP contribution < -0.4 is 5.32 Å². The smallest absolute Gasteiger partial charge is 0.137 e. The second-order valence-electron chi connectivity index (χ2n) is 4.46. The van der Waals surface area contributed by atoms with E-state index in [0.29, 0.717) is 10.9 Å². The fourth-order valence-electron chi connectivity index (χ4n) is 2.04. The third-order valence-electron chi connectivity index (χ3n) is 3.07. The summed E-state index contributed by atoms with van der Waals surface area (Å²) in [6, 6.07) is 11.1. The SMILES string of the molecule is CNC(Cc1cccc(F)c1Br)c1cccc(C)n1. The van der Waals surface area contributed by atoms with Gasteiger partial charge in [-0.05, 0) is 60.1 Å². The van der Waals surface area contributed by atoms with Crippen molar-refractivity contribution in [3.8, 4) is 0 Å². The number of rotatable bonds is 4. The van der Waals surface area contributed by atoms with E-state index in [1.165, 1.54) is 6.07 Å². The summed E-state index contributed by atoms with van der Waals surface area (Å²) in [5.74, 6) is -0.232. The molecular formula is C15H16BrFN2. The predicted octanol–water partition coefficient (Wildman–Crippen LogP) is 3.79. The second-order valence-corrected chi connectivity index (χ2v) is 5.26. The Morgan fingerprint density at radius 1 is 1.26 bits per heavy atom. The van der Waals surface area contributed by atoms with E-state index in [9.17, 15) is 4.39 Å². The Kier molecular flexibility index (Phi) is 4.66. The molecule has 0 saturated heterocycles. The first-order valence-electron chi connectivity index (χ1n) is 6.15. The minimum absolute atomic E-state index is 0.0676. The van der Waals surface area contributed by atoms with E-state index in [2.05, 4.69) is 26.2 Å². The Bertz CT molecular complexity index is 572. The molecule has 0 spiro atoms. The Morgan fingerprint density at radius 2 is 2.00 bits per heavy atom. The van der Waals surface area contributed by atoms with Gasteiger partial charge in [0.25, 0.3) is 0 Å². The van der Waals surface area contributed by atoms with Crippen molar-refractivity contribution in [2.24, 2.45) is 0 Å². The number of halogens is 2. The summed E-state index contributed by atoms with van der Waals surface area (Å²) in [4.78, 5) is 4.52. The van der Waals surface area contributed by atoms with Gasteiger partial charge in [0.1, 0.15) is 5.82 Å². The molecule has 0 fully saturated rings. The van der Waals surface area contributed by atoms with Crippen LogP contribution in [0.25, 0.3) is 0 Å². The van der Waals surface area contributed by atoms with Gasteiger partial charge < -0.3 is 5.32 Å². The molecule has 0 aliphatic carbocycles. The highest BCUT2D eigenvalue weighted by molar-refractivity contribution is 9.10. The third-order valence-corrected chi connectivity index (χ3v) is 3.96. The van der Waals surface area contributed by atoms with Crippen molar-refractivity contribution in [2.45, 2.75) is 19.4 Å². The lowest BCUT2D eigenvalue weighted by Gasteiger charge is -2.17. The number of pyridine rings is 1. The van der Waals surface area contributed by atoms with Gasteiger partial charge in [-0.2, -0.15) is 0 Å². The number of aromatic nitrogens is 1. The topological polar surface area (TPSA) is 24.9 Å². The first kappa shape index (κ1) is 14.2. The van der Waals surface area contributed by atoms with E-state index in [-0.39, 0.29) is 11.9 Å². The van der Waals surface area contributed by atoms with Crippen molar-refractivity contribution in [3.05, 3.63) is 63.6 Å². The first-order chi connectivity index (χ1) is 9.11. The number of nitrogens with zero attached hydrogens (tertiary/aromatic N) is 1. The lowest BCUT2D eigenvalue weighted by Crippen LogP contribution is -2.20. The van der Waals surface area contributed by atoms with E-state index < -0.39 is 0 Å². The van der Waals surface area contributed by atoms with Gasteiger partial charge in [-0.25, -0.2) is 4.39 Å². The van der Waals surface area contributed by atoms with Gasteiger partial charge in [0.2, 0.25) is 0 Å². The van der Waals surface area contributed by atoms with Crippen LogP contribution in [0.4, 0.5) is 4.39 Å². The maximum Gasteiger partial charge on any atom is 0.137 e. The van der Waals surface area contributed by atoms with Crippen LogP contribution in [0.3, 0.4) is 0 Å². The largest absolute Gasteiger partial charge is 0.311 e. The van der Waals surface area contributed by atoms with Gasteiger partial charge in [-0.1, -0.05) is 18.2 Å². The first-order valence-corrected chi connectivity index (χ1v) is 6.95. The molecule has 1 N–H and O–H groups in total. The summed E-state index contributed by atoms with van der Waals surface area (Å²) in [5.41, 5.74) is 2.89. The summed E-state index contributed by atoms with van der Waals surface area (Å²) in [7, 11) is 1.89. The summed E-state index contributed by atoms with van der Waals surface area (Å²) >= 11 is 3.30. The number of hydrogen-bond donors (Lipinski definition) is 1. The second kappa shape index (κ2) is 6.26. The molecular weight excluding hydrogens is 307 g/mol. The molecule has 0 aliphatic heterocycles. The highest BCUT2D eigenvalue weighted by Gasteiger charge is 2.14. The molecule has 2 aromatic rings. The number of hydrogen-bond acceptors (Lipinski definition) is 2. The normalized spacial score (nSPS) is 12.4. The summed E-state index contributed by atoms with van der Waals surface area (Å²) in [5, 5.41) is 3.23. The summed E-state index contributed by atoms with van der Waals surface area (Å²) < 4.78 is 14.0. The minimum Gasteiger partial charge on any atom is -0.311 e. The summed E-state index contributed by atoms with van der Waals surface area (Å²) in [6.07, 6.45) is 0.686. The van der Waals surface area contributed by atoms with Crippen LogP contribution >= 0.6 is 15.9 Å². The molecule has 2 rings (SSSR count). The minimum atomic E-state index is -0.232.